The van der Waals surface area contributed by atoms with Crippen molar-refractivity contribution in [2.45, 2.75) is 38.8 Å². The van der Waals surface area contributed by atoms with E-state index in [0.717, 1.165) is 57.2 Å². The minimum Gasteiger partial charge on any atom is -0.316 e. The zero-order valence-electron chi connectivity index (χ0n) is 9.48. The summed E-state index contributed by atoms with van der Waals surface area (Å²) in [4.78, 5) is 12.0. The molecule has 0 aromatic carbocycles. The van der Waals surface area contributed by atoms with E-state index in [0.29, 0.717) is 0 Å². The predicted molar refractivity (Wildman–Crippen MR) is 60.4 cm³/mol. The molecule has 5 nitrogen and oxygen atoms in total. The zero-order valence-corrected chi connectivity index (χ0v) is 9.48. The Morgan fingerprint density at radius 1 is 1.38 bits per heavy atom. The third kappa shape index (κ3) is 1.69. The Labute approximate surface area is 94.5 Å². The minimum absolute atomic E-state index is 0.0991. The van der Waals surface area contributed by atoms with E-state index in [-0.39, 0.29) is 5.69 Å². The van der Waals surface area contributed by atoms with Crippen LogP contribution in [0.15, 0.2) is 4.79 Å². The van der Waals surface area contributed by atoms with Gasteiger partial charge in [0, 0.05) is 19.5 Å². The molecule has 1 fully saturated rings. The van der Waals surface area contributed by atoms with Crippen LogP contribution in [0.25, 0.3) is 0 Å². The van der Waals surface area contributed by atoms with Crippen molar-refractivity contribution >= 4 is 0 Å². The molecule has 0 radical (unpaired) electrons. The van der Waals surface area contributed by atoms with E-state index < -0.39 is 0 Å². The first-order valence-electron chi connectivity index (χ1n) is 6.22. The van der Waals surface area contributed by atoms with Crippen molar-refractivity contribution in [1.82, 2.24) is 19.7 Å². The molecule has 3 heterocycles. The van der Waals surface area contributed by atoms with Crippen molar-refractivity contribution in [2.24, 2.45) is 5.92 Å². The van der Waals surface area contributed by atoms with Crippen LogP contribution in [0.5, 0.6) is 0 Å². The van der Waals surface area contributed by atoms with Gasteiger partial charge in [-0.15, -0.1) is 0 Å². The number of nitrogens with zero attached hydrogens (tertiary/aromatic N) is 3. The van der Waals surface area contributed by atoms with Crippen LogP contribution in [0.4, 0.5) is 0 Å². The van der Waals surface area contributed by atoms with Crippen LogP contribution in [0.2, 0.25) is 0 Å². The molecule has 5 heteroatoms. The van der Waals surface area contributed by atoms with E-state index in [1.54, 1.807) is 4.68 Å². The Kier molecular flexibility index (Phi) is 2.55. The zero-order chi connectivity index (χ0) is 11.0. The summed E-state index contributed by atoms with van der Waals surface area (Å²) in [6.07, 6.45) is 4.32. The van der Waals surface area contributed by atoms with Crippen LogP contribution in [0, 0.1) is 5.92 Å². The van der Waals surface area contributed by atoms with Gasteiger partial charge in [0.25, 0.3) is 0 Å². The monoisotopic (exact) mass is 222 g/mol. The highest BCUT2D eigenvalue weighted by Gasteiger charge is 2.19. The third-order valence-corrected chi connectivity index (χ3v) is 3.65. The van der Waals surface area contributed by atoms with Crippen LogP contribution in [0.1, 0.15) is 25.1 Å². The summed E-state index contributed by atoms with van der Waals surface area (Å²) in [6, 6.07) is 0. The molecular weight excluding hydrogens is 204 g/mol. The van der Waals surface area contributed by atoms with Gasteiger partial charge >= 0.3 is 5.69 Å². The van der Waals surface area contributed by atoms with Gasteiger partial charge in [-0.3, -0.25) is 4.57 Å². The van der Waals surface area contributed by atoms with Crippen LogP contribution in [-0.2, 0) is 19.5 Å². The molecule has 0 aliphatic carbocycles. The number of rotatable bonds is 3. The Bertz CT molecular complexity index is 430. The number of aromatic nitrogens is 3. The molecule has 88 valence electrons. The maximum absolute atomic E-state index is 12.0. The Morgan fingerprint density at radius 3 is 2.94 bits per heavy atom. The molecule has 0 saturated carbocycles. The summed E-state index contributed by atoms with van der Waals surface area (Å²) in [7, 11) is 0. The lowest BCUT2D eigenvalue weighted by Gasteiger charge is -2.26. The van der Waals surface area contributed by atoms with Gasteiger partial charge in [-0.1, -0.05) is 0 Å². The lowest BCUT2D eigenvalue weighted by Crippen LogP contribution is -2.42. The highest BCUT2D eigenvalue weighted by atomic mass is 16.2. The van der Waals surface area contributed by atoms with Gasteiger partial charge < -0.3 is 5.32 Å². The smallest absolute Gasteiger partial charge is 0.316 e. The maximum Gasteiger partial charge on any atom is 0.345 e. The normalized spacial score (nSPS) is 20.5. The van der Waals surface area contributed by atoms with E-state index in [4.69, 9.17) is 0 Å². The van der Waals surface area contributed by atoms with Crippen molar-refractivity contribution in [3.8, 4) is 0 Å². The summed E-state index contributed by atoms with van der Waals surface area (Å²) < 4.78 is 3.52. The van der Waals surface area contributed by atoms with Crippen molar-refractivity contribution < 1.29 is 0 Å². The fourth-order valence-electron chi connectivity index (χ4n) is 2.45. The van der Waals surface area contributed by atoms with Gasteiger partial charge in [-0.2, -0.15) is 5.10 Å². The molecule has 16 heavy (non-hydrogen) atoms. The number of fused-ring (bicyclic) bond motifs is 1. The number of nitrogens with one attached hydrogen (secondary N) is 1. The van der Waals surface area contributed by atoms with E-state index in [1.165, 1.54) is 6.42 Å². The van der Waals surface area contributed by atoms with Gasteiger partial charge in [0.1, 0.15) is 5.82 Å². The molecule has 0 unspecified atom stereocenters. The molecule has 0 spiro atoms. The first-order chi connectivity index (χ1) is 7.84. The maximum atomic E-state index is 12.0. The van der Waals surface area contributed by atoms with Crippen LogP contribution in [0.3, 0.4) is 0 Å². The van der Waals surface area contributed by atoms with E-state index in [2.05, 4.69) is 10.4 Å². The molecule has 1 saturated heterocycles. The molecule has 0 bridgehead atoms. The summed E-state index contributed by atoms with van der Waals surface area (Å²) in [5, 5.41) is 7.68. The summed E-state index contributed by atoms with van der Waals surface area (Å²) in [6.45, 7) is 3.84. The molecule has 0 atom stereocenters. The third-order valence-electron chi connectivity index (χ3n) is 3.65. The molecule has 0 amide bonds. The largest absolute Gasteiger partial charge is 0.345 e. The van der Waals surface area contributed by atoms with Crippen LogP contribution in [-0.4, -0.2) is 27.4 Å². The van der Waals surface area contributed by atoms with Gasteiger partial charge in [0.15, 0.2) is 0 Å². The van der Waals surface area contributed by atoms with Gasteiger partial charge in [0.05, 0.1) is 0 Å². The van der Waals surface area contributed by atoms with Crippen LogP contribution >= 0.6 is 0 Å². The SMILES string of the molecule is O=c1n(CCC2CNC2)nc2n1CCCC2. The summed E-state index contributed by atoms with van der Waals surface area (Å²) in [5.74, 6) is 1.73. The van der Waals surface area contributed by atoms with E-state index in [9.17, 15) is 4.79 Å². The number of hydrogen-bond donors (Lipinski definition) is 1. The van der Waals surface area contributed by atoms with Gasteiger partial charge in [-0.05, 0) is 38.3 Å². The Hall–Kier alpha value is -1.10. The number of hydrogen-bond acceptors (Lipinski definition) is 3. The second kappa shape index (κ2) is 4.05. The Morgan fingerprint density at radius 2 is 2.25 bits per heavy atom. The van der Waals surface area contributed by atoms with Gasteiger partial charge in [0.2, 0.25) is 0 Å². The van der Waals surface area contributed by atoms with E-state index in [1.807, 2.05) is 4.57 Å². The van der Waals surface area contributed by atoms with Crippen molar-refractivity contribution in [2.75, 3.05) is 13.1 Å². The minimum atomic E-state index is 0.0991. The van der Waals surface area contributed by atoms with Crippen LogP contribution < -0.4 is 11.0 Å². The molecular formula is C11H18N4O. The second-order valence-electron chi connectivity index (χ2n) is 4.84. The summed E-state index contributed by atoms with van der Waals surface area (Å²) in [5.41, 5.74) is 0.0991. The van der Waals surface area contributed by atoms with Crippen molar-refractivity contribution in [1.29, 1.82) is 0 Å². The molecule has 3 rings (SSSR count). The first-order valence-corrected chi connectivity index (χ1v) is 6.22. The highest BCUT2D eigenvalue weighted by molar-refractivity contribution is 4.91. The highest BCUT2D eigenvalue weighted by Crippen LogP contribution is 2.11. The Balaban J connectivity index is 1.73. The quantitative estimate of drug-likeness (QED) is 0.782. The number of aryl methyl sites for hydroxylation is 2. The molecule has 1 aromatic heterocycles. The van der Waals surface area contributed by atoms with Crippen molar-refractivity contribution in [3.63, 3.8) is 0 Å². The molecule has 1 N–H and O–H groups in total. The lowest BCUT2D eigenvalue weighted by atomic mass is 10.00. The average molecular weight is 222 g/mol. The molecule has 2 aliphatic rings. The molecule has 1 aromatic rings. The molecule has 2 aliphatic heterocycles. The topological polar surface area (TPSA) is 51.9 Å². The van der Waals surface area contributed by atoms with E-state index >= 15 is 0 Å². The average Bonchev–Trinajstić information content (AvgIpc) is 2.55. The first kappa shape index (κ1) is 10.1. The fourth-order valence-corrected chi connectivity index (χ4v) is 2.45. The predicted octanol–water partition coefficient (Wildman–Crippen LogP) is -0.00940. The lowest BCUT2D eigenvalue weighted by molar-refractivity contribution is 0.304. The fraction of sp³-hybridized carbons (Fsp3) is 0.818. The van der Waals surface area contributed by atoms with Crippen molar-refractivity contribution in [3.05, 3.63) is 16.3 Å². The standard InChI is InChI=1S/C11H18N4O/c16-11-14-5-2-1-3-10(14)13-15(11)6-4-9-7-12-8-9/h9,12H,1-8H2. The second-order valence-corrected chi connectivity index (χ2v) is 4.84. The summed E-state index contributed by atoms with van der Waals surface area (Å²) >= 11 is 0. The van der Waals surface area contributed by atoms with Gasteiger partial charge in [-0.25, -0.2) is 9.48 Å².